The molecular weight excluding hydrogens is 550 g/mol. The molecular formula is C29H30F2N6O3S. The van der Waals surface area contributed by atoms with Crippen molar-refractivity contribution >= 4 is 37.5 Å². The Bertz CT molecular complexity index is 1750. The number of nitrogens with zero attached hydrogens (tertiary/aromatic N) is 4. The van der Waals surface area contributed by atoms with Gasteiger partial charge in [0.2, 0.25) is 10.0 Å². The lowest BCUT2D eigenvalue weighted by Crippen LogP contribution is -2.43. The van der Waals surface area contributed by atoms with Crippen LogP contribution in [0.3, 0.4) is 0 Å². The topological polar surface area (TPSA) is 109 Å². The predicted octanol–water partition coefficient (Wildman–Crippen LogP) is 4.23. The van der Waals surface area contributed by atoms with Crippen molar-refractivity contribution in [3.8, 4) is 17.3 Å². The normalized spacial score (nSPS) is 21.5. The number of halogens is 2. The summed E-state index contributed by atoms with van der Waals surface area (Å²) in [7, 11) is -3.30. The second-order valence-corrected chi connectivity index (χ2v) is 13.1. The molecule has 0 aliphatic carbocycles. The van der Waals surface area contributed by atoms with Crippen LogP contribution in [-0.4, -0.2) is 71.8 Å². The number of hydrogen-bond donors (Lipinski definition) is 2. The molecule has 3 aliphatic rings. The van der Waals surface area contributed by atoms with Gasteiger partial charge in [0.05, 0.1) is 16.7 Å². The van der Waals surface area contributed by atoms with Crippen LogP contribution in [0.15, 0.2) is 42.6 Å². The smallest absolute Gasteiger partial charge is 0.319 e. The number of ether oxygens (including phenoxy) is 1. The van der Waals surface area contributed by atoms with E-state index in [1.807, 2.05) is 0 Å². The van der Waals surface area contributed by atoms with Crippen LogP contribution < -0.4 is 14.8 Å². The number of sulfonamides is 1. The minimum Gasteiger partial charge on any atom is -0.461 e. The van der Waals surface area contributed by atoms with Gasteiger partial charge in [0.1, 0.15) is 29.5 Å². The zero-order valence-electron chi connectivity index (χ0n) is 22.4. The number of fused-ring (bicyclic) bond motifs is 3. The average molecular weight is 581 g/mol. The molecule has 0 bridgehead atoms. The van der Waals surface area contributed by atoms with Crippen molar-refractivity contribution in [2.24, 2.45) is 0 Å². The molecule has 9 nitrogen and oxygen atoms in total. The number of nitrogens with one attached hydrogen (secondary N) is 2. The Hall–Kier alpha value is -3.48. The van der Waals surface area contributed by atoms with Gasteiger partial charge in [-0.05, 0) is 56.6 Å². The lowest BCUT2D eigenvalue weighted by molar-refractivity contribution is 0.108. The molecule has 3 fully saturated rings. The van der Waals surface area contributed by atoms with Crippen LogP contribution >= 0.6 is 0 Å². The second-order valence-electron chi connectivity index (χ2n) is 11.2. The van der Waals surface area contributed by atoms with E-state index in [9.17, 15) is 12.8 Å². The molecule has 4 aromatic rings. The lowest BCUT2D eigenvalue weighted by atomic mass is 9.95. The summed E-state index contributed by atoms with van der Waals surface area (Å²) in [6.45, 7) is 2.73. The van der Waals surface area contributed by atoms with Crippen LogP contribution in [0.5, 0.6) is 6.01 Å². The van der Waals surface area contributed by atoms with Gasteiger partial charge >= 0.3 is 6.01 Å². The minimum absolute atomic E-state index is 0.00459. The zero-order valence-corrected chi connectivity index (χ0v) is 23.2. The second kappa shape index (κ2) is 10.1. The molecule has 0 unspecified atom stereocenters. The van der Waals surface area contributed by atoms with E-state index in [1.165, 1.54) is 12.3 Å². The fourth-order valence-electron chi connectivity index (χ4n) is 6.61. The van der Waals surface area contributed by atoms with Crippen molar-refractivity contribution in [3.63, 3.8) is 0 Å². The summed E-state index contributed by atoms with van der Waals surface area (Å²) in [5.41, 5.74) is 0.234. The first-order valence-corrected chi connectivity index (χ1v) is 15.6. The number of rotatable bonds is 7. The van der Waals surface area contributed by atoms with Crippen LogP contribution in [0, 0.1) is 11.6 Å². The summed E-state index contributed by atoms with van der Waals surface area (Å²) in [6.07, 6.45) is 6.19. The monoisotopic (exact) mass is 580 g/mol. The molecule has 214 valence electrons. The minimum atomic E-state index is -3.30. The molecule has 3 saturated heterocycles. The number of hydrogen-bond acceptors (Lipinski definition) is 8. The summed E-state index contributed by atoms with van der Waals surface area (Å²) in [5.74, 6) is -0.829. The fourth-order valence-corrected chi connectivity index (χ4v) is 8.03. The third-order valence-corrected chi connectivity index (χ3v) is 10.1. The first kappa shape index (κ1) is 26.4. The zero-order chi connectivity index (χ0) is 28.2. The van der Waals surface area contributed by atoms with E-state index < -0.39 is 21.7 Å². The van der Waals surface area contributed by atoms with Crippen molar-refractivity contribution in [2.45, 2.75) is 43.7 Å². The number of aromatic nitrogens is 3. The third-order valence-electron chi connectivity index (χ3n) is 8.65. The van der Waals surface area contributed by atoms with Crippen molar-refractivity contribution in [1.29, 1.82) is 0 Å². The van der Waals surface area contributed by atoms with E-state index >= 15 is 4.39 Å². The maximum absolute atomic E-state index is 16.3. The Labute approximate surface area is 236 Å². The SMILES string of the molecule is O=S1(=O)CC[C@H](CNc2nc(OCC34CCCN3CCC4)nc3c(F)c(-c4cccc5cccc(F)c45)ncc23)N1. The largest absolute Gasteiger partial charge is 0.461 e. The molecule has 3 aliphatic heterocycles. The first-order valence-electron chi connectivity index (χ1n) is 14.0. The van der Waals surface area contributed by atoms with E-state index in [0.717, 1.165) is 38.8 Å². The molecule has 5 heterocycles. The molecule has 0 spiro atoms. The van der Waals surface area contributed by atoms with Gasteiger partial charge in [0, 0.05) is 29.7 Å². The standard InChI is InChI=1S/C29H30F2N6O3S/c30-22-8-2-6-18-5-1-7-20(23(18)22)25-24(31)26-21(16-32-25)27(33-15-19-9-14-41(38,39)36-19)35-28(34-26)40-17-29-10-3-12-37(29)13-4-11-29/h1-2,5-8,16,19,36H,3-4,9-15,17H2,(H,33,34,35)/t19-/m1/s1. The maximum atomic E-state index is 16.3. The van der Waals surface area contributed by atoms with E-state index in [1.54, 1.807) is 30.3 Å². The van der Waals surface area contributed by atoms with Crippen molar-refractivity contribution < 1.29 is 21.9 Å². The molecule has 0 saturated carbocycles. The lowest BCUT2D eigenvalue weighted by Gasteiger charge is -2.31. The van der Waals surface area contributed by atoms with Crippen molar-refractivity contribution in [3.05, 3.63) is 54.2 Å². The predicted molar refractivity (Wildman–Crippen MR) is 152 cm³/mol. The van der Waals surface area contributed by atoms with Gasteiger partial charge in [-0.3, -0.25) is 9.88 Å². The quantitative estimate of drug-likeness (QED) is 0.334. The van der Waals surface area contributed by atoms with E-state index in [2.05, 4.69) is 29.9 Å². The van der Waals surface area contributed by atoms with Crippen molar-refractivity contribution in [1.82, 2.24) is 24.6 Å². The van der Waals surface area contributed by atoms with Gasteiger partial charge in [0.25, 0.3) is 0 Å². The first-order chi connectivity index (χ1) is 19.8. The van der Waals surface area contributed by atoms with E-state index in [0.29, 0.717) is 35.2 Å². The highest BCUT2D eigenvalue weighted by Crippen LogP contribution is 2.39. The molecule has 1 atom stereocenters. The molecule has 2 aromatic carbocycles. The van der Waals surface area contributed by atoms with Gasteiger partial charge in [-0.15, -0.1) is 0 Å². The maximum Gasteiger partial charge on any atom is 0.319 e. The fraction of sp³-hybridized carbons (Fsp3) is 0.414. The van der Waals surface area contributed by atoms with Gasteiger partial charge in [0.15, 0.2) is 5.82 Å². The van der Waals surface area contributed by atoms with Crippen LogP contribution in [0.2, 0.25) is 0 Å². The molecule has 0 radical (unpaired) electrons. The van der Waals surface area contributed by atoms with Gasteiger partial charge in [-0.2, -0.15) is 9.97 Å². The third kappa shape index (κ3) is 4.77. The summed E-state index contributed by atoms with van der Waals surface area (Å²) in [4.78, 5) is 15.9. The molecule has 2 aromatic heterocycles. The Morgan fingerprint density at radius 2 is 1.88 bits per heavy atom. The average Bonchev–Trinajstić information content (AvgIpc) is 3.64. The summed E-state index contributed by atoms with van der Waals surface area (Å²) in [6, 6.07) is 9.57. The Morgan fingerprint density at radius 3 is 2.63 bits per heavy atom. The summed E-state index contributed by atoms with van der Waals surface area (Å²) < 4.78 is 63.8. The van der Waals surface area contributed by atoms with Crippen molar-refractivity contribution in [2.75, 3.05) is 37.3 Å². The van der Waals surface area contributed by atoms with Crippen LogP contribution in [-0.2, 0) is 10.0 Å². The highest BCUT2D eigenvalue weighted by atomic mass is 32.2. The van der Waals surface area contributed by atoms with Crippen LogP contribution in [0.4, 0.5) is 14.6 Å². The highest BCUT2D eigenvalue weighted by molar-refractivity contribution is 7.89. The van der Waals surface area contributed by atoms with E-state index in [-0.39, 0.29) is 46.5 Å². The Morgan fingerprint density at radius 1 is 1.10 bits per heavy atom. The van der Waals surface area contributed by atoms with Crippen LogP contribution in [0.1, 0.15) is 32.1 Å². The Balaban J connectivity index is 1.29. The number of benzene rings is 2. The number of pyridine rings is 1. The Kier molecular flexibility index (Phi) is 6.51. The highest BCUT2D eigenvalue weighted by Gasteiger charge is 2.45. The van der Waals surface area contributed by atoms with Gasteiger partial charge in [-0.1, -0.05) is 30.3 Å². The molecule has 7 rings (SSSR count). The summed E-state index contributed by atoms with van der Waals surface area (Å²) in [5, 5.41) is 4.40. The van der Waals surface area contributed by atoms with Crippen LogP contribution in [0.25, 0.3) is 32.9 Å². The molecule has 0 amide bonds. The number of anilines is 1. The summed E-state index contributed by atoms with van der Waals surface area (Å²) >= 11 is 0. The molecule has 41 heavy (non-hydrogen) atoms. The molecule has 12 heteroatoms. The van der Waals surface area contributed by atoms with Gasteiger partial charge in [-0.25, -0.2) is 21.9 Å². The van der Waals surface area contributed by atoms with Gasteiger partial charge < -0.3 is 10.1 Å². The molecule has 2 N–H and O–H groups in total. The van der Waals surface area contributed by atoms with E-state index in [4.69, 9.17) is 4.74 Å².